The number of nitrogens with one attached hydrogen (secondary N) is 3. The summed E-state index contributed by atoms with van der Waals surface area (Å²) in [6.45, 7) is 1.85. The van der Waals surface area contributed by atoms with Gasteiger partial charge in [0.15, 0.2) is 0 Å². The molecule has 0 spiro atoms. The van der Waals surface area contributed by atoms with Gasteiger partial charge in [0.25, 0.3) is 15.9 Å². The minimum Gasteiger partial charge on any atom is -0.348 e. The highest BCUT2D eigenvalue weighted by molar-refractivity contribution is 7.89. The summed E-state index contributed by atoms with van der Waals surface area (Å²) in [5.74, 6) is -0.634. The number of H-pyrrole nitrogens is 1. The standard InChI is InChI=1S/C13H17N5O3S/c1-9-2-4-11(5-3-9)22(20,21)18-17-13(19)12(14)6-10-7-15-8-16-10/h2-5,7-8,12,18H,6,14H2,1H3,(H,15,16)(H,17,19)/t12-/m0/s1. The van der Waals surface area contributed by atoms with Crippen LogP contribution >= 0.6 is 0 Å². The summed E-state index contributed by atoms with van der Waals surface area (Å²) < 4.78 is 24.0. The maximum absolute atomic E-state index is 12.0. The number of rotatable bonds is 6. The monoisotopic (exact) mass is 323 g/mol. The number of sulfonamides is 1. The fourth-order valence-electron chi connectivity index (χ4n) is 1.71. The second kappa shape index (κ2) is 6.69. The fraction of sp³-hybridized carbons (Fsp3) is 0.231. The van der Waals surface area contributed by atoms with Crippen LogP contribution in [0.1, 0.15) is 11.3 Å². The molecule has 0 bridgehead atoms. The number of nitrogens with two attached hydrogens (primary N) is 1. The molecule has 1 atom stereocenters. The molecule has 1 amide bonds. The van der Waals surface area contributed by atoms with Crippen LogP contribution in [-0.2, 0) is 21.2 Å². The Hall–Kier alpha value is -2.23. The van der Waals surface area contributed by atoms with Crippen LogP contribution in [0.25, 0.3) is 0 Å². The molecule has 22 heavy (non-hydrogen) atoms. The zero-order valence-corrected chi connectivity index (χ0v) is 12.7. The summed E-state index contributed by atoms with van der Waals surface area (Å²) in [4.78, 5) is 20.5. The summed E-state index contributed by atoms with van der Waals surface area (Å²) in [6.07, 6.45) is 3.24. The van der Waals surface area contributed by atoms with E-state index < -0.39 is 22.0 Å². The second-order valence-corrected chi connectivity index (χ2v) is 6.48. The van der Waals surface area contributed by atoms with Crippen molar-refractivity contribution < 1.29 is 13.2 Å². The molecule has 2 rings (SSSR count). The van der Waals surface area contributed by atoms with Crippen molar-refractivity contribution >= 4 is 15.9 Å². The molecule has 0 aliphatic carbocycles. The lowest BCUT2D eigenvalue weighted by molar-refractivity contribution is -0.122. The van der Waals surface area contributed by atoms with Gasteiger partial charge in [0, 0.05) is 18.3 Å². The van der Waals surface area contributed by atoms with Gasteiger partial charge >= 0.3 is 0 Å². The molecule has 1 heterocycles. The second-order valence-electron chi connectivity index (χ2n) is 4.80. The first-order valence-corrected chi connectivity index (χ1v) is 7.98. The third-order valence-corrected chi connectivity index (χ3v) is 4.23. The number of carbonyl (C=O) groups is 1. The van der Waals surface area contributed by atoms with E-state index in [9.17, 15) is 13.2 Å². The van der Waals surface area contributed by atoms with Gasteiger partial charge in [0.2, 0.25) is 0 Å². The quantitative estimate of drug-likeness (QED) is 0.537. The van der Waals surface area contributed by atoms with Crippen molar-refractivity contribution in [2.75, 3.05) is 0 Å². The minimum atomic E-state index is -3.83. The van der Waals surface area contributed by atoms with Gasteiger partial charge in [-0.15, -0.1) is 4.83 Å². The molecule has 0 radical (unpaired) electrons. The molecule has 118 valence electrons. The number of imidazole rings is 1. The maximum atomic E-state index is 12.0. The van der Waals surface area contributed by atoms with Gasteiger partial charge in [-0.3, -0.25) is 10.2 Å². The summed E-state index contributed by atoms with van der Waals surface area (Å²) >= 11 is 0. The molecule has 1 aromatic carbocycles. The van der Waals surface area contributed by atoms with E-state index in [1.807, 2.05) is 11.8 Å². The van der Waals surface area contributed by atoms with Crippen LogP contribution in [0.3, 0.4) is 0 Å². The highest BCUT2D eigenvalue weighted by Gasteiger charge is 2.19. The summed E-state index contributed by atoms with van der Waals surface area (Å²) in [6, 6.07) is 5.34. The number of aryl methyl sites for hydroxylation is 1. The van der Waals surface area contributed by atoms with Crippen molar-refractivity contribution in [2.24, 2.45) is 5.73 Å². The fourth-order valence-corrected chi connectivity index (χ4v) is 2.56. The van der Waals surface area contributed by atoms with E-state index in [0.29, 0.717) is 5.69 Å². The number of hydrazine groups is 1. The Morgan fingerprint density at radius 2 is 2.05 bits per heavy atom. The Morgan fingerprint density at radius 1 is 1.36 bits per heavy atom. The predicted molar refractivity (Wildman–Crippen MR) is 79.9 cm³/mol. The van der Waals surface area contributed by atoms with E-state index >= 15 is 0 Å². The number of hydrogen-bond acceptors (Lipinski definition) is 5. The zero-order chi connectivity index (χ0) is 16.2. The van der Waals surface area contributed by atoms with Crippen LogP contribution in [-0.4, -0.2) is 30.3 Å². The average Bonchev–Trinajstić information content (AvgIpc) is 2.98. The third-order valence-electron chi connectivity index (χ3n) is 2.97. The van der Waals surface area contributed by atoms with E-state index in [2.05, 4.69) is 15.4 Å². The van der Waals surface area contributed by atoms with E-state index in [4.69, 9.17) is 5.73 Å². The predicted octanol–water partition coefficient (Wildman–Crippen LogP) is -0.402. The van der Waals surface area contributed by atoms with Gasteiger partial charge in [-0.2, -0.15) is 0 Å². The Kier molecular flexibility index (Phi) is 4.91. The third kappa shape index (κ3) is 4.13. The first-order chi connectivity index (χ1) is 10.4. The molecule has 0 unspecified atom stereocenters. The van der Waals surface area contributed by atoms with E-state index in [0.717, 1.165) is 5.56 Å². The smallest absolute Gasteiger partial charge is 0.257 e. The Labute approximate surface area is 128 Å². The average molecular weight is 323 g/mol. The Bertz CT molecular complexity index is 726. The highest BCUT2D eigenvalue weighted by atomic mass is 32.2. The number of aromatic amines is 1. The number of aromatic nitrogens is 2. The number of nitrogens with zero attached hydrogens (tertiary/aromatic N) is 1. The molecule has 0 saturated heterocycles. The van der Waals surface area contributed by atoms with Gasteiger partial charge in [-0.05, 0) is 19.1 Å². The number of benzene rings is 1. The molecule has 2 aromatic rings. The first-order valence-electron chi connectivity index (χ1n) is 6.49. The van der Waals surface area contributed by atoms with Crippen molar-refractivity contribution in [3.05, 3.63) is 48.0 Å². The van der Waals surface area contributed by atoms with E-state index in [1.54, 1.807) is 18.3 Å². The number of carbonyl (C=O) groups excluding carboxylic acids is 1. The van der Waals surface area contributed by atoms with Gasteiger partial charge in [0.05, 0.1) is 17.3 Å². The van der Waals surface area contributed by atoms with Crippen LogP contribution in [0.15, 0.2) is 41.7 Å². The molecule has 5 N–H and O–H groups in total. The van der Waals surface area contributed by atoms with Crippen molar-refractivity contribution in [1.82, 2.24) is 20.2 Å². The van der Waals surface area contributed by atoms with Crippen LogP contribution in [0.2, 0.25) is 0 Å². The summed E-state index contributed by atoms with van der Waals surface area (Å²) in [7, 11) is -3.83. The van der Waals surface area contributed by atoms with Crippen LogP contribution in [0, 0.1) is 6.92 Å². The van der Waals surface area contributed by atoms with Gasteiger partial charge in [-0.25, -0.2) is 13.4 Å². The van der Waals surface area contributed by atoms with Gasteiger partial charge in [0.1, 0.15) is 0 Å². The van der Waals surface area contributed by atoms with E-state index in [1.165, 1.54) is 18.5 Å². The molecule has 9 heteroatoms. The molecule has 0 aliphatic rings. The largest absolute Gasteiger partial charge is 0.348 e. The summed E-state index contributed by atoms with van der Waals surface area (Å²) in [5, 5.41) is 0. The summed E-state index contributed by atoms with van der Waals surface area (Å²) in [5.41, 5.74) is 9.43. The molecular formula is C13H17N5O3S. The topological polar surface area (TPSA) is 130 Å². The molecule has 1 aromatic heterocycles. The van der Waals surface area contributed by atoms with Gasteiger partial charge in [-0.1, -0.05) is 17.7 Å². The van der Waals surface area contributed by atoms with Crippen molar-refractivity contribution in [3.63, 3.8) is 0 Å². The first kappa shape index (κ1) is 16.1. The molecule has 0 saturated carbocycles. The molecule has 8 nitrogen and oxygen atoms in total. The van der Waals surface area contributed by atoms with Crippen molar-refractivity contribution in [1.29, 1.82) is 0 Å². The lowest BCUT2D eigenvalue weighted by Crippen LogP contribution is -2.49. The van der Waals surface area contributed by atoms with Crippen molar-refractivity contribution in [2.45, 2.75) is 24.3 Å². The van der Waals surface area contributed by atoms with E-state index in [-0.39, 0.29) is 11.3 Å². The number of amides is 1. The highest BCUT2D eigenvalue weighted by Crippen LogP contribution is 2.09. The van der Waals surface area contributed by atoms with Crippen molar-refractivity contribution in [3.8, 4) is 0 Å². The minimum absolute atomic E-state index is 0.0561. The number of hydrogen-bond donors (Lipinski definition) is 4. The molecular weight excluding hydrogens is 306 g/mol. The Balaban J connectivity index is 1.93. The molecule has 0 aliphatic heterocycles. The maximum Gasteiger partial charge on any atom is 0.257 e. The molecule has 0 fully saturated rings. The normalized spacial score (nSPS) is 12.8. The van der Waals surface area contributed by atoms with Crippen LogP contribution in [0.4, 0.5) is 0 Å². The van der Waals surface area contributed by atoms with Crippen LogP contribution < -0.4 is 16.0 Å². The lowest BCUT2D eigenvalue weighted by atomic mass is 10.2. The van der Waals surface area contributed by atoms with Gasteiger partial charge < -0.3 is 10.7 Å². The Morgan fingerprint density at radius 3 is 2.64 bits per heavy atom. The zero-order valence-electron chi connectivity index (χ0n) is 11.9. The SMILES string of the molecule is Cc1ccc(S(=O)(=O)NNC(=O)[C@@H](N)Cc2cnc[nH]2)cc1. The lowest BCUT2D eigenvalue weighted by Gasteiger charge is -2.12. The van der Waals surface area contributed by atoms with Crippen LogP contribution in [0.5, 0.6) is 0 Å².